The van der Waals surface area contributed by atoms with Gasteiger partial charge in [-0.15, -0.1) is 0 Å². The molecule has 1 amide bonds. The molecular weight excluding hydrogens is 394 g/mol. The molecule has 1 aliphatic carbocycles. The van der Waals surface area contributed by atoms with Crippen LogP contribution in [0, 0.1) is 30.6 Å². The van der Waals surface area contributed by atoms with E-state index in [2.05, 4.69) is 90.9 Å². The van der Waals surface area contributed by atoms with E-state index in [0.29, 0.717) is 30.2 Å². The van der Waals surface area contributed by atoms with Crippen molar-refractivity contribution in [3.8, 4) is 0 Å². The zero-order chi connectivity index (χ0) is 22.3. The van der Waals surface area contributed by atoms with Gasteiger partial charge >= 0.3 is 0 Å². The lowest BCUT2D eigenvalue weighted by Crippen LogP contribution is -2.76. The molecule has 4 bridgehead atoms. The molecule has 2 N–H and O–H groups in total. The molecule has 3 saturated heterocycles. The van der Waals surface area contributed by atoms with Crippen molar-refractivity contribution in [2.24, 2.45) is 23.7 Å². The zero-order valence-electron chi connectivity index (χ0n) is 19.7. The molecule has 5 atom stereocenters. The molecule has 2 aromatic carbocycles. The lowest BCUT2D eigenvalue weighted by molar-refractivity contribution is -0.138. The number of carbonyl (C=O) groups excluding carboxylic acids is 1. The summed E-state index contributed by atoms with van der Waals surface area (Å²) in [6.07, 6.45) is 2.22. The summed E-state index contributed by atoms with van der Waals surface area (Å²) >= 11 is 0. The highest BCUT2D eigenvalue weighted by molar-refractivity contribution is 5.89. The summed E-state index contributed by atoms with van der Waals surface area (Å²) in [5, 5.41) is 7.14. The van der Waals surface area contributed by atoms with Crippen LogP contribution in [0.5, 0.6) is 0 Å². The van der Waals surface area contributed by atoms with Gasteiger partial charge in [0.15, 0.2) is 0 Å². The van der Waals surface area contributed by atoms with E-state index >= 15 is 0 Å². The highest BCUT2D eigenvalue weighted by Crippen LogP contribution is 2.53. The predicted octanol–water partition coefficient (Wildman–Crippen LogP) is 3.79. The molecule has 4 fully saturated rings. The summed E-state index contributed by atoms with van der Waals surface area (Å²) in [6.45, 7) is 10.3. The molecule has 170 valence electrons. The molecule has 0 spiro atoms. The highest BCUT2D eigenvalue weighted by atomic mass is 16.2. The van der Waals surface area contributed by atoms with Gasteiger partial charge in [0.05, 0.1) is 0 Å². The van der Waals surface area contributed by atoms with Gasteiger partial charge in [-0.05, 0) is 55.2 Å². The lowest BCUT2D eigenvalue weighted by Gasteiger charge is -2.56. The van der Waals surface area contributed by atoms with Crippen molar-refractivity contribution in [2.75, 3.05) is 19.6 Å². The van der Waals surface area contributed by atoms with Crippen molar-refractivity contribution in [1.29, 1.82) is 0 Å². The average Bonchev–Trinajstić information content (AvgIpc) is 3.04. The first-order chi connectivity index (χ1) is 15.5. The van der Waals surface area contributed by atoms with E-state index in [0.717, 1.165) is 38.0 Å². The van der Waals surface area contributed by atoms with Gasteiger partial charge < -0.3 is 10.6 Å². The molecule has 0 radical (unpaired) electrons. The number of nitrogens with zero attached hydrogens (tertiary/aromatic N) is 1. The Morgan fingerprint density at radius 3 is 2.59 bits per heavy atom. The Morgan fingerprint density at radius 2 is 1.88 bits per heavy atom. The van der Waals surface area contributed by atoms with Crippen LogP contribution in [-0.4, -0.2) is 42.0 Å². The number of aryl methyl sites for hydroxylation is 1. The fourth-order valence-electron chi connectivity index (χ4n) is 6.78. The summed E-state index contributed by atoms with van der Waals surface area (Å²) in [7, 11) is 0. The van der Waals surface area contributed by atoms with E-state index in [4.69, 9.17) is 0 Å². The maximum Gasteiger partial charge on any atom is 0.242 e. The number of benzene rings is 2. The largest absolute Gasteiger partial charge is 0.350 e. The smallest absolute Gasteiger partial charge is 0.242 e. The molecule has 3 aliphatic heterocycles. The first-order valence-corrected chi connectivity index (χ1v) is 12.3. The number of rotatable bonds is 7. The Morgan fingerprint density at radius 1 is 1.12 bits per heavy atom. The van der Waals surface area contributed by atoms with Crippen molar-refractivity contribution in [3.63, 3.8) is 0 Å². The van der Waals surface area contributed by atoms with Crippen LogP contribution in [0.15, 0.2) is 54.6 Å². The van der Waals surface area contributed by atoms with Crippen LogP contribution in [0.3, 0.4) is 0 Å². The van der Waals surface area contributed by atoms with E-state index in [1.165, 1.54) is 11.1 Å². The van der Waals surface area contributed by atoms with Gasteiger partial charge in [-0.3, -0.25) is 9.69 Å². The summed E-state index contributed by atoms with van der Waals surface area (Å²) in [5.41, 5.74) is 3.34. The quantitative estimate of drug-likeness (QED) is 0.701. The Kier molecular flexibility index (Phi) is 5.85. The summed E-state index contributed by atoms with van der Waals surface area (Å²) < 4.78 is 0. The van der Waals surface area contributed by atoms with Crippen LogP contribution in [0.1, 0.15) is 37.0 Å². The third-order valence-electron chi connectivity index (χ3n) is 8.08. The van der Waals surface area contributed by atoms with Crippen LogP contribution in [0.25, 0.3) is 0 Å². The van der Waals surface area contributed by atoms with Crippen molar-refractivity contribution in [1.82, 2.24) is 15.5 Å². The second kappa shape index (κ2) is 8.64. The normalized spacial score (nSPS) is 31.2. The van der Waals surface area contributed by atoms with Crippen molar-refractivity contribution < 1.29 is 4.79 Å². The molecule has 3 heterocycles. The molecule has 1 saturated carbocycles. The molecule has 2 aromatic rings. The molecule has 0 aromatic heterocycles. The standard InChI is InChI=1S/C28H37N3O/c1-19(2)17-31-18-24-14-23-16-30-28(24,26(31)25(23)13-21-7-5-4-6-8-21)27(32)29-15-22-11-9-20(3)10-12-22/h4-12,19,23-26,30H,13-18H2,1-3H3,(H,29,32). The number of likely N-dealkylation sites (tertiary alicyclic amines) is 1. The lowest BCUT2D eigenvalue weighted by atomic mass is 9.58. The molecule has 4 heteroatoms. The van der Waals surface area contributed by atoms with Crippen LogP contribution in [0.4, 0.5) is 0 Å². The van der Waals surface area contributed by atoms with Gasteiger partial charge in [-0.1, -0.05) is 74.0 Å². The minimum Gasteiger partial charge on any atom is -0.350 e. The van der Waals surface area contributed by atoms with E-state index in [1.807, 2.05) is 0 Å². The zero-order valence-corrected chi connectivity index (χ0v) is 19.7. The average molecular weight is 432 g/mol. The van der Waals surface area contributed by atoms with E-state index < -0.39 is 5.54 Å². The minimum absolute atomic E-state index is 0.204. The molecule has 6 rings (SSSR count). The first kappa shape index (κ1) is 21.7. The second-order valence-electron chi connectivity index (χ2n) is 10.8. The van der Waals surface area contributed by atoms with Crippen LogP contribution in [0.2, 0.25) is 0 Å². The Labute approximate surface area is 192 Å². The van der Waals surface area contributed by atoms with Gasteiger partial charge in [-0.2, -0.15) is 0 Å². The van der Waals surface area contributed by atoms with Crippen LogP contribution >= 0.6 is 0 Å². The number of hydrogen-bond acceptors (Lipinski definition) is 3. The molecule has 5 unspecified atom stereocenters. The number of nitrogens with one attached hydrogen (secondary N) is 2. The number of fused-ring (bicyclic) bond motifs is 1. The molecule has 4 nitrogen and oxygen atoms in total. The molecule has 32 heavy (non-hydrogen) atoms. The second-order valence-corrected chi connectivity index (χ2v) is 10.8. The van der Waals surface area contributed by atoms with Gasteiger partial charge in [0.2, 0.25) is 5.91 Å². The van der Waals surface area contributed by atoms with Crippen molar-refractivity contribution in [2.45, 2.75) is 51.7 Å². The summed E-state index contributed by atoms with van der Waals surface area (Å²) in [6, 6.07) is 19.6. The van der Waals surface area contributed by atoms with Gasteiger partial charge in [-0.25, -0.2) is 0 Å². The maximum absolute atomic E-state index is 13.9. The number of hydrogen-bond donors (Lipinski definition) is 2. The summed E-state index contributed by atoms with van der Waals surface area (Å²) in [5.74, 6) is 2.36. The van der Waals surface area contributed by atoms with Crippen molar-refractivity contribution in [3.05, 3.63) is 71.3 Å². The molecular formula is C28H37N3O. The Bertz CT molecular complexity index is 941. The SMILES string of the molecule is Cc1ccc(CNC(=O)C23NCC4CC2CN(CC(C)C)C3C4Cc2ccccc2)cc1. The number of amides is 1. The number of carbonyl (C=O) groups is 1. The third-order valence-corrected chi connectivity index (χ3v) is 8.08. The highest BCUT2D eigenvalue weighted by Gasteiger charge is 2.67. The first-order valence-electron chi connectivity index (χ1n) is 12.3. The Hall–Kier alpha value is -2.17. The maximum atomic E-state index is 13.9. The van der Waals surface area contributed by atoms with Gasteiger partial charge in [0.1, 0.15) is 5.54 Å². The topological polar surface area (TPSA) is 44.4 Å². The van der Waals surface area contributed by atoms with Crippen LogP contribution in [-0.2, 0) is 17.8 Å². The summed E-state index contributed by atoms with van der Waals surface area (Å²) in [4.78, 5) is 16.6. The van der Waals surface area contributed by atoms with Crippen LogP contribution < -0.4 is 10.6 Å². The molecule has 4 aliphatic rings. The Balaban J connectivity index is 1.42. The van der Waals surface area contributed by atoms with Crippen molar-refractivity contribution >= 4 is 5.91 Å². The minimum atomic E-state index is -0.464. The fraction of sp³-hybridized carbons (Fsp3) is 0.536. The van der Waals surface area contributed by atoms with E-state index in [9.17, 15) is 4.79 Å². The monoisotopic (exact) mass is 431 g/mol. The fourth-order valence-corrected chi connectivity index (χ4v) is 6.78. The third kappa shape index (κ3) is 3.78. The van der Waals surface area contributed by atoms with E-state index in [-0.39, 0.29) is 11.9 Å². The number of piperidine rings is 2. The van der Waals surface area contributed by atoms with Gasteiger partial charge in [0.25, 0.3) is 0 Å². The van der Waals surface area contributed by atoms with Gasteiger partial charge in [0, 0.05) is 31.6 Å². The predicted molar refractivity (Wildman–Crippen MR) is 129 cm³/mol. The van der Waals surface area contributed by atoms with E-state index in [1.54, 1.807) is 0 Å².